The van der Waals surface area contributed by atoms with Crippen LogP contribution in [0.3, 0.4) is 0 Å². The lowest BCUT2D eigenvalue weighted by atomic mass is 10.2. The minimum absolute atomic E-state index is 0.244. The molecule has 0 amide bonds. The Morgan fingerprint density at radius 1 is 1.52 bits per heavy atom. The lowest BCUT2D eigenvalue weighted by Gasteiger charge is -2.10. The minimum Gasteiger partial charge on any atom is -0.390 e. The van der Waals surface area contributed by atoms with Gasteiger partial charge < -0.3 is 21.6 Å². The SMILES string of the molecule is C=C/C=C(/N)N=C.CC=N.CCNCC(F)[C@@H](C)O.CF. The Morgan fingerprint density at radius 3 is 2.14 bits per heavy atom. The van der Waals surface area contributed by atoms with Gasteiger partial charge in [-0.1, -0.05) is 19.6 Å². The fourth-order valence-electron chi connectivity index (χ4n) is 0.626. The first-order valence-corrected chi connectivity index (χ1v) is 6.31. The molecule has 1 unspecified atom stereocenters. The Labute approximate surface area is 127 Å². The molecule has 126 valence electrons. The number of aliphatic hydroxyl groups excluding tert-OH is 1. The number of alkyl halides is 2. The van der Waals surface area contributed by atoms with Crippen molar-refractivity contribution >= 4 is 12.9 Å². The van der Waals surface area contributed by atoms with Gasteiger partial charge in [0.05, 0.1) is 13.3 Å². The van der Waals surface area contributed by atoms with Crippen molar-refractivity contribution in [2.24, 2.45) is 10.7 Å². The molecule has 0 saturated carbocycles. The van der Waals surface area contributed by atoms with Crippen molar-refractivity contribution in [3.05, 3.63) is 24.6 Å². The van der Waals surface area contributed by atoms with E-state index in [2.05, 4.69) is 23.6 Å². The van der Waals surface area contributed by atoms with Gasteiger partial charge in [0.25, 0.3) is 0 Å². The van der Waals surface area contributed by atoms with E-state index in [0.717, 1.165) is 6.54 Å². The van der Waals surface area contributed by atoms with E-state index in [9.17, 15) is 8.78 Å². The summed E-state index contributed by atoms with van der Waals surface area (Å²) in [5, 5.41) is 17.5. The van der Waals surface area contributed by atoms with E-state index in [-0.39, 0.29) is 6.54 Å². The molecule has 5 N–H and O–H groups in total. The van der Waals surface area contributed by atoms with Crippen molar-refractivity contribution in [1.82, 2.24) is 5.32 Å². The predicted molar refractivity (Wildman–Crippen MR) is 88.6 cm³/mol. The third-order valence-corrected chi connectivity index (χ3v) is 1.58. The van der Waals surface area contributed by atoms with Crippen molar-refractivity contribution in [1.29, 1.82) is 5.41 Å². The quantitative estimate of drug-likeness (QED) is 0.447. The Hall–Kier alpha value is -1.60. The molecule has 0 aliphatic carbocycles. The third-order valence-electron chi connectivity index (χ3n) is 1.58. The van der Waals surface area contributed by atoms with E-state index in [4.69, 9.17) is 16.2 Å². The molecule has 0 heterocycles. The number of rotatable bonds is 6. The smallest absolute Gasteiger partial charge is 0.138 e. The summed E-state index contributed by atoms with van der Waals surface area (Å²) < 4.78 is 21.9. The number of halogens is 2. The maximum absolute atomic E-state index is 12.4. The molecular weight excluding hydrogens is 278 g/mol. The van der Waals surface area contributed by atoms with Crippen molar-refractivity contribution in [3.8, 4) is 0 Å². The van der Waals surface area contributed by atoms with Gasteiger partial charge in [-0.25, -0.2) is 9.38 Å². The van der Waals surface area contributed by atoms with E-state index in [1.54, 1.807) is 19.1 Å². The number of aliphatic imine (C=N–C) groups is 1. The predicted octanol–water partition coefficient (Wildman–Crippen LogP) is 2.23. The minimum atomic E-state index is -1.13. The van der Waals surface area contributed by atoms with Gasteiger partial charge in [-0.05, 0) is 39.4 Å². The van der Waals surface area contributed by atoms with Gasteiger partial charge in [0, 0.05) is 6.54 Å². The van der Waals surface area contributed by atoms with Crippen LogP contribution in [0.5, 0.6) is 0 Å². The van der Waals surface area contributed by atoms with E-state index in [1.165, 1.54) is 13.1 Å². The van der Waals surface area contributed by atoms with E-state index < -0.39 is 12.3 Å². The number of nitrogens with zero attached hydrogens (tertiary/aromatic N) is 1. The number of nitrogens with one attached hydrogen (secondary N) is 2. The van der Waals surface area contributed by atoms with E-state index in [0.29, 0.717) is 13.0 Å². The first-order chi connectivity index (χ1) is 9.90. The van der Waals surface area contributed by atoms with E-state index >= 15 is 0 Å². The van der Waals surface area contributed by atoms with Gasteiger partial charge >= 0.3 is 0 Å². The highest BCUT2D eigenvalue weighted by Gasteiger charge is 2.10. The van der Waals surface area contributed by atoms with Crippen LogP contribution in [0, 0.1) is 5.41 Å². The molecule has 0 aliphatic rings. The molecule has 0 aromatic carbocycles. The molecule has 0 spiro atoms. The lowest BCUT2D eigenvalue weighted by molar-refractivity contribution is 0.0929. The van der Waals surface area contributed by atoms with Crippen molar-refractivity contribution in [2.75, 3.05) is 20.3 Å². The standard InChI is InChI=1S/C6H14FNO.C5H8N2.C2H5N.CH3F/c1-3-8-4-6(7)5(2)9;1-3-4-5(6)7-2;1-2-3;1-2/h5-6,8-9H,3-4H2,1-2H3;3-4H,1-2,6H2;2-3H,1H3;1H3/b;5-4-;;/t5-,6?;;;/m1.../s1. The Bertz CT molecular complexity index is 259. The summed E-state index contributed by atoms with van der Waals surface area (Å²) in [4.78, 5) is 3.40. The topological polar surface area (TPSA) is 94.5 Å². The second kappa shape index (κ2) is 26.9. The Kier molecular flexibility index (Phi) is 35.4. The molecule has 21 heavy (non-hydrogen) atoms. The highest BCUT2D eigenvalue weighted by Crippen LogP contribution is 1.94. The van der Waals surface area contributed by atoms with Gasteiger partial charge in [-0.3, -0.25) is 4.39 Å². The first-order valence-electron chi connectivity index (χ1n) is 6.31. The number of aliphatic hydroxyl groups is 1. The largest absolute Gasteiger partial charge is 0.390 e. The third kappa shape index (κ3) is 38.1. The molecule has 0 radical (unpaired) electrons. The monoisotopic (exact) mass is 308 g/mol. The van der Waals surface area contributed by atoms with Crippen LogP contribution >= 0.6 is 0 Å². The van der Waals surface area contributed by atoms with Gasteiger partial charge in [0.15, 0.2) is 0 Å². The highest BCUT2D eigenvalue weighted by atomic mass is 19.1. The average molecular weight is 308 g/mol. The zero-order valence-corrected chi connectivity index (χ0v) is 13.4. The average Bonchev–Trinajstić information content (AvgIpc) is 2.48. The molecule has 0 bridgehead atoms. The second-order valence-corrected chi connectivity index (χ2v) is 3.34. The molecule has 0 aromatic heterocycles. The molecule has 0 aromatic rings. The van der Waals surface area contributed by atoms with Crippen LogP contribution in [0.25, 0.3) is 0 Å². The summed E-state index contributed by atoms with van der Waals surface area (Å²) in [6.45, 7) is 12.6. The summed E-state index contributed by atoms with van der Waals surface area (Å²) >= 11 is 0. The fraction of sp³-hybridized carbons (Fsp3) is 0.571. The van der Waals surface area contributed by atoms with Crippen LogP contribution < -0.4 is 11.1 Å². The maximum Gasteiger partial charge on any atom is 0.138 e. The number of nitrogens with two attached hydrogens (primary N) is 1. The summed E-state index contributed by atoms with van der Waals surface area (Å²) in [5.41, 5.74) is 5.14. The van der Waals surface area contributed by atoms with Crippen molar-refractivity contribution in [2.45, 2.75) is 33.0 Å². The van der Waals surface area contributed by atoms with Crippen LogP contribution in [0.1, 0.15) is 20.8 Å². The first kappa shape index (κ1) is 27.7. The van der Waals surface area contributed by atoms with Crippen LogP contribution in [0.4, 0.5) is 8.78 Å². The number of hydrogen-bond acceptors (Lipinski definition) is 5. The van der Waals surface area contributed by atoms with Crippen LogP contribution in [0.2, 0.25) is 0 Å². The molecule has 7 heteroatoms. The van der Waals surface area contributed by atoms with Gasteiger partial charge in [0.2, 0.25) is 0 Å². The van der Waals surface area contributed by atoms with E-state index in [1.807, 2.05) is 6.92 Å². The van der Waals surface area contributed by atoms with Crippen molar-refractivity contribution < 1.29 is 13.9 Å². The molecule has 0 fully saturated rings. The van der Waals surface area contributed by atoms with Crippen LogP contribution in [0.15, 0.2) is 29.5 Å². The Balaban J connectivity index is -0.000000107. The lowest BCUT2D eigenvalue weighted by Crippen LogP contribution is -2.31. The summed E-state index contributed by atoms with van der Waals surface area (Å²) in [6, 6.07) is 0. The van der Waals surface area contributed by atoms with Crippen molar-refractivity contribution in [3.63, 3.8) is 0 Å². The molecule has 2 atom stereocenters. The molecule has 0 aliphatic heterocycles. The summed E-state index contributed by atoms with van der Waals surface area (Å²) in [7, 11) is 0.500. The zero-order chi connectivity index (χ0) is 17.7. The normalized spacial score (nSPS) is 11.9. The molecule has 5 nitrogen and oxygen atoms in total. The molecule has 0 rings (SSSR count). The number of hydrogen-bond donors (Lipinski definition) is 4. The van der Waals surface area contributed by atoms with Gasteiger partial charge in [-0.15, -0.1) is 0 Å². The molecule has 0 saturated heterocycles. The fourth-order valence-corrected chi connectivity index (χ4v) is 0.626. The zero-order valence-electron chi connectivity index (χ0n) is 13.4. The van der Waals surface area contributed by atoms with Crippen LogP contribution in [-0.2, 0) is 0 Å². The summed E-state index contributed by atoms with van der Waals surface area (Å²) in [5.74, 6) is 0.398. The highest BCUT2D eigenvalue weighted by molar-refractivity contribution is 5.48. The second-order valence-electron chi connectivity index (χ2n) is 3.34. The number of allylic oxidation sites excluding steroid dienone is 2. The van der Waals surface area contributed by atoms with Crippen LogP contribution in [-0.4, -0.2) is 50.6 Å². The van der Waals surface area contributed by atoms with Gasteiger partial charge in [0.1, 0.15) is 12.0 Å². The van der Waals surface area contributed by atoms with Gasteiger partial charge in [-0.2, -0.15) is 0 Å². The maximum atomic E-state index is 12.4. The summed E-state index contributed by atoms with van der Waals surface area (Å²) in [6.07, 6.45) is 2.39. The molecular formula is C14H30F2N4O. The Morgan fingerprint density at radius 2 is 1.95 bits per heavy atom.